The Morgan fingerprint density at radius 3 is 2.35 bits per heavy atom. The van der Waals surface area contributed by atoms with Gasteiger partial charge in [0, 0.05) is 18.6 Å². The number of halogens is 3. The van der Waals surface area contributed by atoms with E-state index in [0.717, 1.165) is 11.6 Å². The highest BCUT2D eigenvalue weighted by atomic mass is 19.4. The molecule has 2 N–H and O–H groups in total. The second-order valence-electron chi connectivity index (χ2n) is 7.89. The third kappa shape index (κ3) is 5.58. The van der Waals surface area contributed by atoms with Gasteiger partial charge in [-0.05, 0) is 52.4 Å². The van der Waals surface area contributed by atoms with E-state index in [1.807, 2.05) is 24.3 Å². The predicted octanol–water partition coefficient (Wildman–Crippen LogP) is 6.45. The van der Waals surface area contributed by atoms with Crippen LogP contribution in [0.5, 0.6) is 17.2 Å². The molecule has 4 aromatic rings. The third-order valence-electron chi connectivity index (χ3n) is 5.56. The molecule has 9 heteroatoms. The van der Waals surface area contributed by atoms with E-state index in [0.29, 0.717) is 27.6 Å². The summed E-state index contributed by atoms with van der Waals surface area (Å²) in [5, 5.41) is 14.9. The van der Waals surface area contributed by atoms with Gasteiger partial charge < -0.3 is 19.9 Å². The summed E-state index contributed by atoms with van der Waals surface area (Å²) in [4.78, 5) is 15.9. The van der Waals surface area contributed by atoms with E-state index in [-0.39, 0.29) is 22.7 Å². The Kier molecular flexibility index (Phi) is 7.18. The van der Waals surface area contributed by atoms with Gasteiger partial charge in [0.1, 0.15) is 17.2 Å². The first-order chi connectivity index (χ1) is 17.7. The number of fused-ring (bicyclic) bond motifs is 1. The van der Waals surface area contributed by atoms with Crippen LogP contribution in [0.3, 0.4) is 0 Å². The van der Waals surface area contributed by atoms with E-state index in [4.69, 9.17) is 4.74 Å². The molecular weight excluding hydrogens is 485 g/mol. The molecule has 0 saturated carbocycles. The second-order valence-corrected chi connectivity index (χ2v) is 7.89. The van der Waals surface area contributed by atoms with E-state index in [1.165, 1.54) is 25.4 Å². The molecule has 188 valence electrons. The van der Waals surface area contributed by atoms with Crippen molar-refractivity contribution >= 4 is 34.3 Å². The first-order valence-corrected chi connectivity index (χ1v) is 11.0. The minimum Gasteiger partial charge on any atom is -0.507 e. The number of phenols is 1. The van der Waals surface area contributed by atoms with Crippen molar-refractivity contribution in [2.45, 2.75) is 6.36 Å². The molecule has 0 radical (unpaired) electrons. The Hall–Kier alpha value is -4.75. The quantitative estimate of drug-likeness (QED) is 0.222. The minimum atomic E-state index is -4.98. The zero-order valence-electron chi connectivity index (χ0n) is 19.8. The number of methoxy groups -OCH3 is 1. The maximum Gasteiger partial charge on any atom is 0.573 e. The van der Waals surface area contributed by atoms with Crippen LogP contribution in [0, 0.1) is 0 Å². The zero-order valence-corrected chi connectivity index (χ0v) is 19.8. The number of ether oxygens (including phenoxy) is 2. The van der Waals surface area contributed by atoms with E-state index in [2.05, 4.69) is 15.0 Å². The molecule has 0 unspecified atom stereocenters. The molecule has 0 aromatic heterocycles. The van der Waals surface area contributed by atoms with Crippen molar-refractivity contribution in [1.29, 1.82) is 0 Å². The highest BCUT2D eigenvalue weighted by Crippen LogP contribution is 2.41. The van der Waals surface area contributed by atoms with Crippen LogP contribution in [0.2, 0.25) is 0 Å². The summed E-state index contributed by atoms with van der Waals surface area (Å²) < 4.78 is 48.7. The molecule has 0 fully saturated rings. The normalized spacial score (nSPS) is 11.4. The van der Waals surface area contributed by atoms with Crippen LogP contribution in [0.15, 0.2) is 77.8 Å². The lowest BCUT2D eigenvalue weighted by molar-refractivity contribution is -0.274. The molecule has 0 aliphatic carbocycles. The topological polar surface area (TPSA) is 80.2 Å². The number of aromatic hydroxyl groups is 1. The van der Waals surface area contributed by atoms with Crippen LogP contribution in [-0.2, 0) is 4.79 Å². The summed E-state index contributed by atoms with van der Waals surface area (Å²) in [6.45, 7) is 0. The van der Waals surface area contributed by atoms with Crippen molar-refractivity contribution in [2.75, 3.05) is 19.5 Å². The molecule has 0 amide bonds. The predicted molar refractivity (Wildman–Crippen MR) is 137 cm³/mol. The van der Waals surface area contributed by atoms with Crippen molar-refractivity contribution < 1.29 is 32.5 Å². The molecule has 0 bridgehead atoms. The van der Waals surface area contributed by atoms with Crippen LogP contribution >= 0.6 is 0 Å². The fraction of sp³-hybridized carbons (Fsp3) is 0.107. The molecule has 0 atom stereocenters. The average Bonchev–Trinajstić information content (AvgIpc) is 2.88. The molecule has 0 aliphatic heterocycles. The lowest BCUT2D eigenvalue weighted by atomic mass is 9.93. The molecule has 0 heterocycles. The largest absolute Gasteiger partial charge is 0.573 e. The number of phenolic OH excluding ortho intramolecular Hbond substituents is 1. The summed E-state index contributed by atoms with van der Waals surface area (Å²) in [6.07, 6.45) is -3.62. The number of aliphatic imine (C=N–C) groups is 1. The number of anilines is 1. The van der Waals surface area contributed by atoms with Crippen molar-refractivity contribution in [3.8, 4) is 28.4 Å². The van der Waals surface area contributed by atoms with Gasteiger partial charge in [0.05, 0.1) is 18.4 Å². The number of benzene rings is 4. The van der Waals surface area contributed by atoms with Gasteiger partial charge in [0.2, 0.25) is 0 Å². The standard InChI is InChI=1S/C28H21F3N2O4/c1-32-15-17-7-12-24(26(13-17)37-28(29,30)31)33-25(16-34)23-14-22(18-8-10-19(36-2)11-9-18)20-5-3-4-6-21(20)27(23)35/h3-15,33,35H,1-2H3. The van der Waals surface area contributed by atoms with Crippen LogP contribution in [0.25, 0.3) is 27.6 Å². The van der Waals surface area contributed by atoms with E-state index >= 15 is 0 Å². The molecule has 37 heavy (non-hydrogen) atoms. The molecule has 0 spiro atoms. The smallest absolute Gasteiger partial charge is 0.507 e. The van der Waals surface area contributed by atoms with Crippen LogP contribution < -0.4 is 14.8 Å². The van der Waals surface area contributed by atoms with Gasteiger partial charge in [-0.1, -0.05) is 42.5 Å². The first-order valence-electron chi connectivity index (χ1n) is 11.0. The van der Waals surface area contributed by atoms with Gasteiger partial charge in [0.25, 0.3) is 0 Å². The number of alkyl halides is 3. The molecular formula is C28H21F3N2O4. The van der Waals surface area contributed by atoms with Gasteiger partial charge in [-0.25, -0.2) is 4.79 Å². The van der Waals surface area contributed by atoms with Gasteiger partial charge in [-0.3, -0.25) is 4.99 Å². The monoisotopic (exact) mass is 506 g/mol. The second kappa shape index (κ2) is 10.5. The van der Waals surface area contributed by atoms with Gasteiger partial charge in [-0.15, -0.1) is 13.2 Å². The number of hydrogen-bond donors (Lipinski definition) is 2. The lowest BCUT2D eigenvalue weighted by Crippen LogP contribution is -2.18. The SMILES string of the molecule is CN=Cc1ccc(NC(=C=O)c2cc(-c3ccc(OC)cc3)c3ccccc3c2O)c(OC(F)(F)F)c1. The van der Waals surface area contributed by atoms with Crippen LogP contribution in [0.4, 0.5) is 18.9 Å². The summed E-state index contributed by atoms with van der Waals surface area (Å²) in [5.74, 6) is 1.56. The molecule has 0 aliphatic rings. The van der Waals surface area contributed by atoms with Crippen molar-refractivity contribution in [3.63, 3.8) is 0 Å². The first kappa shape index (κ1) is 25.3. The third-order valence-corrected chi connectivity index (χ3v) is 5.56. The highest BCUT2D eigenvalue weighted by Gasteiger charge is 2.32. The van der Waals surface area contributed by atoms with E-state index in [9.17, 15) is 23.1 Å². The number of nitrogens with zero attached hydrogens (tertiary/aromatic N) is 1. The fourth-order valence-corrected chi connectivity index (χ4v) is 3.92. The number of hydrogen-bond acceptors (Lipinski definition) is 6. The number of nitrogens with one attached hydrogen (secondary N) is 1. The average molecular weight is 506 g/mol. The highest BCUT2D eigenvalue weighted by molar-refractivity contribution is 6.07. The summed E-state index contributed by atoms with van der Waals surface area (Å²) >= 11 is 0. The van der Waals surface area contributed by atoms with Gasteiger partial charge in [0.15, 0.2) is 11.7 Å². The number of rotatable bonds is 7. The van der Waals surface area contributed by atoms with Crippen LogP contribution in [0.1, 0.15) is 11.1 Å². The zero-order chi connectivity index (χ0) is 26.6. The van der Waals surface area contributed by atoms with Crippen molar-refractivity contribution in [3.05, 3.63) is 83.9 Å². The Balaban J connectivity index is 1.85. The summed E-state index contributed by atoms with van der Waals surface area (Å²) in [7, 11) is 3.03. The minimum absolute atomic E-state index is 0.0525. The van der Waals surface area contributed by atoms with Gasteiger partial charge in [-0.2, -0.15) is 0 Å². The summed E-state index contributed by atoms with van der Waals surface area (Å²) in [6, 6.07) is 19.8. The Morgan fingerprint density at radius 1 is 1.03 bits per heavy atom. The maximum absolute atomic E-state index is 13.1. The van der Waals surface area contributed by atoms with Crippen molar-refractivity contribution in [2.24, 2.45) is 4.99 Å². The Morgan fingerprint density at radius 2 is 1.73 bits per heavy atom. The van der Waals surface area contributed by atoms with E-state index in [1.54, 1.807) is 43.4 Å². The van der Waals surface area contributed by atoms with E-state index < -0.39 is 12.1 Å². The fourth-order valence-electron chi connectivity index (χ4n) is 3.92. The number of carbonyl (C=O) groups excluding carboxylic acids is 1. The molecule has 4 aromatic carbocycles. The molecule has 4 rings (SSSR count). The van der Waals surface area contributed by atoms with Gasteiger partial charge >= 0.3 is 6.36 Å². The molecule has 0 saturated heterocycles. The Labute approximate surface area is 210 Å². The lowest BCUT2D eigenvalue weighted by Gasteiger charge is -2.18. The molecule has 6 nitrogen and oxygen atoms in total. The van der Waals surface area contributed by atoms with Crippen LogP contribution in [-0.4, -0.2) is 37.8 Å². The van der Waals surface area contributed by atoms with Crippen molar-refractivity contribution in [1.82, 2.24) is 0 Å². The summed E-state index contributed by atoms with van der Waals surface area (Å²) in [5.41, 5.74) is 1.44. The Bertz CT molecular complexity index is 1520. The maximum atomic E-state index is 13.1.